The number of rotatable bonds is 5. The third-order valence-electron chi connectivity index (χ3n) is 4.75. The molecule has 6 heteroatoms. The Morgan fingerprint density at radius 1 is 1.35 bits per heavy atom. The van der Waals surface area contributed by atoms with Gasteiger partial charge in [-0.3, -0.25) is 4.79 Å². The predicted molar refractivity (Wildman–Crippen MR) is 101 cm³/mol. The van der Waals surface area contributed by atoms with Crippen molar-refractivity contribution in [2.24, 2.45) is 0 Å². The van der Waals surface area contributed by atoms with E-state index in [4.69, 9.17) is 4.74 Å². The van der Waals surface area contributed by atoms with E-state index in [0.717, 1.165) is 47.7 Å². The highest BCUT2D eigenvalue weighted by Gasteiger charge is 2.29. The molecule has 0 saturated heterocycles. The van der Waals surface area contributed by atoms with Crippen LogP contribution in [0.5, 0.6) is 5.75 Å². The molecule has 2 aliphatic carbocycles. The van der Waals surface area contributed by atoms with Crippen molar-refractivity contribution in [3.63, 3.8) is 0 Å². The summed E-state index contributed by atoms with van der Waals surface area (Å²) in [5.74, 6) is -0.176. The Bertz CT molecular complexity index is 857. The van der Waals surface area contributed by atoms with Crippen LogP contribution >= 0.6 is 11.3 Å². The van der Waals surface area contributed by atoms with Crippen LogP contribution in [0.15, 0.2) is 18.2 Å². The molecule has 1 unspecified atom stereocenters. The lowest BCUT2D eigenvalue weighted by Gasteiger charge is -2.19. The molecule has 1 amide bonds. The number of thiazole rings is 1. The lowest BCUT2D eigenvalue weighted by atomic mass is 9.90. The van der Waals surface area contributed by atoms with E-state index in [0.29, 0.717) is 11.3 Å². The molecule has 0 spiro atoms. The highest BCUT2D eigenvalue weighted by Crippen LogP contribution is 2.36. The third-order valence-corrected chi connectivity index (χ3v) is 5.85. The van der Waals surface area contributed by atoms with Gasteiger partial charge in [0.2, 0.25) is 5.91 Å². The molecule has 1 heterocycles. The quantitative estimate of drug-likeness (QED) is 0.857. The highest BCUT2D eigenvalue weighted by molar-refractivity contribution is 7.12. The Balaban J connectivity index is 1.56. The van der Waals surface area contributed by atoms with Gasteiger partial charge in [-0.05, 0) is 50.3 Å². The molecule has 136 valence electrons. The Morgan fingerprint density at radius 3 is 2.96 bits per heavy atom. The van der Waals surface area contributed by atoms with Crippen molar-refractivity contribution < 1.29 is 13.9 Å². The van der Waals surface area contributed by atoms with Gasteiger partial charge in [0.05, 0.1) is 17.7 Å². The number of halogens is 1. The number of aromatic nitrogens is 1. The van der Waals surface area contributed by atoms with E-state index in [9.17, 15) is 9.18 Å². The number of hydrogen-bond donors (Lipinski definition) is 1. The zero-order valence-electron chi connectivity index (χ0n) is 14.6. The summed E-state index contributed by atoms with van der Waals surface area (Å²) in [7, 11) is 1.66. The zero-order valence-corrected chi connectivity index (χ0v) is 15.4. The van der Waals surface area contributed by atoms with Gasteiger partial charge in [-0.2, -0.15) is 0 Å². The minimum atomic E-state index is -0.333. The lowest BCUT2D eigenvalue weighted by molar-refractivity contribution is -0.122. The monoisotopic (exact) mass is 372 g/mol. The minimum Gasteiger partial charge on any atom is -0.487 e. The first-order valence-corrected chi connectivity index (χ1v) is 9.82. The smallest absolute Gasteiger partial charge is 0.228 e. The van der Waals surface area contributed by atoms with Crippen LogP contribution < -0.4 is 10.1 Å². The SMILES string of the molecule is CNC(=O)C1CCCc2sc(C=Cc3cccc(OC4CC4)c3F)nc21. The van der Waals surface area contributed by atoms with Crippen LogP contribution in [0.3, 0.4) is 0 Å². The van der Waals surface area contributed by atoms with Gasteiger partial charge < -0.3 is 10.1 Å². The number of ether oxygens (including phenoxy) is 1. The second-order valence-electron chi connectivity index (χ2n) is 6.73. The summed E-state index contributed by atoms with van der Waals surface area (Å²) in [5, 5.41) is 3.53. The van der Waals surface area contributed by atoms with Gasteiger partial charge in [0, 0.05) is 17.5 Å². The second kappa shape index (κ2) is 7.19. The number of carbonyl (C=O) groups is 1. The summed E-state index contributed by atoms with van der Waals surface area (Å²) < 4.78 is 20.2. The van der Waals surface area contributed by atoms with Crippen molar-refractivity contribution in [2.45, 2.75) is 44.1 Å². The van der Waals surface area contributed by atoms with Crippen molar-refractivity contribution in [1.29, 1.82) is 0 Å². The van der Waals surface area contributed by atoms with Crippen molar-refractivity contribution >= 4 is 29.4 Å². The molecule has 1 saturated carbocycles. The van der Waals surface area contributed by atoms with E-state index in [-0.39, 0.29) is 23.7 Å². The first kappa shape index (κ1) is 17.2. The van der Waals surface area contributed by atoms with Gasteiger partial charge in [0.1, 0.15) is 5.01 Å². The largest absolute Gasteiger partial charge is 0.487 e. The van der Waals surface area contributed by atoms with Gasteiger partial charge in [0.25, 0.3) is 0 Å². The third kappa shape index (κ3) is 3.51. The predicted octanol–water partition coefficient (Wildman–Crippen LogP) is 4.16. The van der Waals surface area contributed by atoms with Gasteiger partial charge >= 0.3 is 0 Å². The van der Waals surface area contributed by atoms with Crippen LogP contribution in [-0.4, -0.2) is 24.0 Å². The zero-order chi connectivity index (χ0) is 18.1. The lowest BCUT2D eigenvalue weighted by Crippen LogP contribution is -2.28. The molecule has 0 radical (unpaired) electrons. The standard InChI is InChI=1S/C20H21FN2O2S/c1-22-20(24)14-5-3-7-16-19(14)23-17(26-16)11-8-12-4-2-6-15(18(12)21)25-13-9-10-13/h2,4,6,8,11,13-14H,3,5,7,9-10H2,1H3,(H,22,24). The molecule has 1 N–H and O–H groups in total. The number of nitrogens with one attached hydrogen (secondary N) is 1. The Morgan fingerprint density at radius 2 is 2.19 bits per heavy atom. The van der Waals surface area contributed by atoms with Crippen LogP contribution in [0.4, 0.5) is 4.39 Å². The topological polar surface area (TPSA) is 51.2 Å². The fraction of sp³-hybridized carbons (Fsp3) is 0.400. The van der Waals surface area contributed by atoms with Crippen LogP contribution in [0.1, 0.15) is 52.7 Å². The van der Waals surface area contributed by atoms with E-state index in [1.165, 1.54) is 0 Å². The summed E-state index contributed by atoms with van der Waals surface area (Å²) >= 11 is 1.59. The number of likely N-dealkylation sites (N-methyl/N-ethyl adjacent to an activating group) is 1. The van der Waals surface area contributed by atoms with Gasteiger partial charge in [0.15, 0.2) is 11.6 Å². The molecule has 26 heavy (non-hydrogen) atoms. The molecule has 1 atom stereocenters. The van der Waals surface area contributed by atoms with Crippen molar-refractivity contribution in [3.8, 4) is 5.75 Å². The maximum Gasteiger partial charge on any atom is 0.228 e. The van der Waals surface area contributed by atoms with E-state index < -0.39 is 0 Å². The van der Waals surface area contributed by atoms with Crippen LogP contribution in [0, 0.1) is 5.82 Å². The molecule has 4 nitrogen and oxygen atoms in total. The molecular weight excluding hydrogens is 351 g/mol. The number of amides is 1. The van der Waals surface area contributed by atoms with E-state index in [2.05, 4.69) is 10.3 Å². The van der Waals surface area contributed by atoms with Crippen molar-refractivity contribution in [3.05, 3.63) is 45.2 Å². The van der Waals surface area contributed by atoms with Crippen LogP contribution in [-0.2, 0) is 11.2 Å². The van der Waals surface area contributed by atoms with Gasteiger partial charge in [-0.25, -0.2) is 9.37 Å². The van der Waals surface area contributed by atoms with Crippen LogP contribution in [0.25, 0.3) is 12.2 Å². The molecule has 1 aromatic heterocycles. The summed E-state index contributed by atoms with van der Waals surface area (Å²) in [6.07, 6.45) is 8.48. The van der Waals surface area contributed by atoms with Crippen molar-refractivity contribution in [2.75, 3.05) is 7.05 Å². The van der Waals surface area contributed by atoms with Gasteiger partial charge in [-0.15, -0.1) is 11.3 Å². The fourth-order valence-corrected chi connectivity index (χ4v) is 4.28. The second-order valence-corrected chi connectivity index (χ2v) is 7.84. The average molecular weight is 372 g/mol. The average Bonchev–Trinajstić information content (AvgIpc) is 3.37. The Kier molecular flexibility index (Phi) is 4.76. The molecule has 0 bridgehead atoms. The fourth-order valence-electron chi connectivity index (χ4n) is 3.21. The van der Waals surface area contributed by atoms with Crippen molar-refractivity contribution in [1.82, 2.24) is 10.3 Å². The molecule has 1 aromatic carbocycles. The summed E-state index contributed by atoms with van der Waals surface area (Å²) in [5.41, 5.74) is 1.37. The first-order chi connectivity index (χ1) is 12.7. The van der Waals surface area contributed by atoms with E-state index in [1.807, 2.05) is 6.08 Å². The first-order valence-electron chi connectivity index (χ1n) is 9.00. The highest BCUT2D eigenvalue weighted by atomic mass is 32.1. The minimum absolute atomic E-state index is 0.0164. The number of nitrogens with zero attached hydrogens (tertiary/aromatic N) is 1. The van der Waals surface area contributed by atoms with E-state index in [1.54, 1.807) is 42.7 Å². The Hall–Kier alpha value is -2.21. The molecule has 2 aromatic rings. The molecule has 2 aliphatic rings. The summed E-state index contributed by atoms with van der Waals surface area (Å²) in [6.45, 7) is 0. The van der Waals surface area contributed by atoms with Gasteiger partial charge in [-0.1, -0.05) is 12.1 Å². The molecular formula is C20H21FN2O2S. The number of hydrogen-bond acceptors (Lipinski definition) is 4. The van der Waals surface area contributed by atoms with E-state index >= 15 is 0 Å². The summed E-state index contributed by atoms with van der Waals surface area (Å²) in [6, 6.07) is 5.20. The van der Waals surface area contributed by atoms with Crippen LogP contribution in [0.2, 0.25) is 0 Å². The molecule has 0 aliphatic heterocycles. The number of benzene rings is 1. The number of carbonyl (C=O) groups excluding carboxylic acids is 1. The molecule has 1 fully saturated rings. The number of aryl methyl sites for hydroxylation is 1. The Labute approximate surface area is 156 Å². The molecule has 4 rings (SSSR count). The normalized spacial score (nSPS) is 19.4. The summed E-state index contributed by atoms with van der Waals surface area (Å²) in [4.78, 5) is 17.9. The maximum atomic E-state index is 14.6. The number of fused-ring (bicyclic) bond motifs is 1. The maximum absolute atomic E-state index is 14.6.